The van der Waals surface area contributed by atoms with Crippen LogP contribution < -0.4 is 24.7 Å². The second-order valence-corrected chi connectivity index (χ2v) is 5.84. The Labute approximate surface area is 156 Å². The monoisotopic (exact) mass is 383 g/mol. The molecule has 1 atom stereocenters. The smallest absolute Gasteiger partial charge is 0.184 e. The molecule has 0 saturated carbocycles. The van der Waals surface area contributed by atoms with Crippen molar-refractivity contribution in [3.8, 4) is 23.0 Å². The topological polar surface area (TPSA) is 103 Å². The molecule has 0 aliphatic heterocycles. The average molecular weight is 384 g/mol. The van der Waals surface area contributed by atoms with Crippen LogP contribution >= 0.6 is 11.6 Å². The largest absolute Gasteiger partial charge is 0.493 e. The van der Waals surface area contributed by atoms with Crippen LogP contribution in [0, 0.1) is 0 Å². The summed E-state index contributed by atoms with van der Waals surface area (Å²) in [5.41, 5.74) is 7.26. The Morgan fingerprint density at radius 1 is 1.00 bits per heavy atom. The molecule has 0 aliphatic rings. The number of methoxy groups -OCH3 is 3. The molecular formula is C18H22ClNO6. The molecule has 0 radical (unpaired) electrons. The van der Waals surface area contributed by atoms with E-state index < -0.39 is 6.10 Å². The number of nitrogens with two attached hydrogens (primary N) is 1. The molecule has 2 rings (SSSR count). The number of anilines is 1. The third-order valence-electron chi connectivity index (χ3n) is 3.79. The molecular weight excluding hydrogens is 362 g/mol. The van der Waals surface area contributed by atoms with Gasteiger partial charge in [-0.25, -0.2) is 0 Å². The summed E-state index contributed by atoms with van der Waals surface area (Å²) < 4.78 is 21.3. The summed E-state index contributed by atoms with van der Waals surface area (Å²) in [4.78, 5) is 0. The summed E-state index contributed by atoms with van der Waals surface area (Å²) in [5, 5.41) is 20.0. The number of hydrogen-bond donors (Lipinski definition) is 3. The van der Waals surface area contributed by atoms with Gasteiger partial charge in [-0.2, -0.15) is 0 Å². The molecule has 0 amide bonds. The minimum atomic E-state index is -1.04. The molecule has 0 aromatic heterocycles. The number of benzene rings is 2. The lowest BCUT2D eigenvalue weighted by Crippen LogP contribution is -2.12. The van der Waals surface area contributed by atoms with E-state index in [9.17, 15) is 10.2 Å². The molecule has 0 bridgehead atoms. The Hall–Kier alpha value is -2.35. The van der Waals surface area contributed by atoms with E-state index in [1.54, 1.807) is 24.3 Å². The number of ether oxygens (including phenoxy) is 4. The van der Waals surface area contributed by atoms with Crippen molar-refractivity contribution in [1.29, 1.82) is 0 Å². The van der Waals surface area contributed by atoms with E-state index in [1.165, 1.54) is 21.3 Å². The summed E-state index contributed by atoms with van der Waals surface area (Å²) in [6.45, 7) is -0.293. The molecule has 0 heterocycles. The Morgan fingerprint density at radius 3 is 2.19 bits per heavy atom. The predicted molar refractivity (Wildman–Crippen MR) is 98.3 cm³/mol. The zero-order chi connectivity index (χ0) is 19.3. The molecule has 8 heteroatoms. The zero-order valence-electron chi connectivity index (χ0n) is 14.8. The van der Waals surface area contributed by atoms with Crippen molar-refractivity contribution in [2.75, 3.05) is 33.7 Å². The van der Waals surface area contributed by atoms with Crippen LogP contribution in [0.1, 0.15) is 17.2 Å². The van der Waals surface area contributed by atoms with E-state index in [-0.39, 0.29) is 19.0 Å². The van der Waals surface area contributed by atoms with Crippen molar-refractivity contribution in [2.45, 2.75) is 12.7 Å². The first-order valence-corrected chi connectivity index (χ1v) is 8.12. The van der Waals surface area contributed by atoms with Crippen molar-refractivity contribution >= 4 is 17.3 Å². The summed E-state index contributed by atoms with van der Waals surface area (Å²) in [7, 11) is 4.45. The van der Waals surface area contributed by atoms with Gasteiger partial charge in [-0.1, -0.05) is 11.6 Å². The molecule has 0 fully saturated rings. The van der Waals surface area contributed by atoms with Gasteiger partial charge < -0.3 is 34.9 Å². The van der Waals surface area contributed by atoms with Crippen LogP contribution in [0.4, 0.5) is 5.69 Å². The third kappa shape index (κ3) is 4.24. The molecule has 4 N–H and O–H groups in total. The summed E-state index contributed by atoms with van der Waals surface area (Å²) >= 11 is 6.21. The maximum atomic E-state index is 10.5. The Balaban J connectivity index is 2.23. The fourth-order valence-electron chi connectivity index (χ4n) is 2.46. The lowest BCUT2D eigenvalue weighted by Gasteiger charge is -2.19. The van der Waals surface area contributed by atoms with Gasteiger partial charge in [-0.15, -0.1) is 0 Å². The van der Waals surface area contributed by atoms with Crippen molar-refractivity contribution in [2.24, 2.45) is 0 Å². The van der Waals surface area contributed by atoms with Crippen LogP contribution in [0.25, 0.3) is 0 Å². The van der Waals surface area contributed by atoms with Crippen LogP contribution in [0.3, 0.4) is 0 Å². The van der Waals surface area contributed by atoms with E-state index >= 15 is 0 Å². The SMILES string of the molecule is COc1cc(Cl)c(C(O)COc2c(N)cc(CO)cc2OC)cc1OC. The molecule has 1 unspecified atom stereocenters. The molecule has 2 aromatic carbocycles. The number of hydrogen-bond acceptors (Lipinski definition) is 7. The quantitative estimate of drug-likeness (QED) is 0.602. The fraction of sp³-hybridized carbons (Fsp3) is 0.333. The number of nitrogen functional groups attached to an aromatic ring is 1. The number of aliphatic hydroxyl groups is 2. The third-order valence-corrected chi connectivity index (χ3v) is 4.12. The molecule has 0 spiro atoms. The minimum absolute atomic E-state index is 0.117. The van der Waals surface area contributed by atoms with Crippen LogP contribution in [0.2, 0.25) is 5.02 Å². The predicted octanol–water partition coefficient (Wildman–Crippen LogP) is 2.55. The second kappa shape index (κ2) is 8.84. The maximum absolute atomic E-state index is 10.5. The van der Waals surface area contributed by atoms with Gasteiger partial charge in [-0.3, -0.25) is 0 Å². The van der Waals surface area contributed by atoms with Crippen molar-refractivity contribution in [3.05, 3.63) is 40.4 Å². The minimum Gasteiger partial charge on any atom is -0.493 e. The summed E-state index contributed by atoms with van der Waals surface area (Å²) in [6, 6.07) is 6.34. The average Bonchev–Trinajstić information content (AvgIpc) is 2.65. The second-order valence-electron chi connectivity index (χ2n) is 5.43. The Kier molecular flexibility index (Phi) is 6.79. The maximum Gasteiger partial charge on any atom is 0.184 e. The van der Waals surface area contributed by atoms with Crippen molar-refractivity contribution in [3.63, 3.8) is 0 Å². The lowest BCUT2D eigenvalue weighted by atomic mass is 10.1. The highest BCUT2D eigenvalue weighted by Gasteiger charge is 2.19. The Bertz CT molecular complexity index is 768. The van der Waals surface area contributed by atoms with Gasteiger partial charge in [0.05, 0.1) is 38.6 Å². The molecule has 0 saturated heterocycles. The first kappa shape index (κ1) is 20.0. The van der Waals surface area contributed by atoms with Gasteiger partial charge >= 0.3 is 0 Å². The first-order valence-electron chi connectivity index (χ1n) is 7.74. The van der Waals surface area contributed by atoms with E-state index in [0.29, 0.717) is 39.1 Å². The van der Waals surface area contributed by atoms with E-state index in [1.807, 2.05) is 0 Å². The lowest BCUT2D eigenvalue weighted by molar-refractivity contribution is 0.106. The standard InChI is InChI=1S/C18H22ClNO6/c1-23-15-6-11(12(19)7-16(15)24-2)14(22)9-26-18-13(20)4-10(8-21)5-17(18)25-3/h4-7,14,21-22H,8-9,20H2,1-3H3. The fourth-order valence-corrected chi connectivity index (χ4v) is 2.74. The van der Waals surface area contributed by atoms with Gasteiger partial charge in [0.25, 0.3) is 0 Å². The number of halogens is 1. The van der Waals surface area contributed by atoms with Gasteiger partial charge in [0.1, 0.15) is 12.7 Å². The highest BCUT2D eigenvalue weighted by Crippen LogP contribution is 2.38. The van der Waals surface area contributed by atoms with Gasteiger partial charge in [0.2, 0.25) is 0 Å². The molecule has 142 valence electrons. The van der Waals surface area contributed by atoms with E-state index in [0.717, 1.165) is 0 Å². The number of rotatable bonds is 8. The van der Waals surface area contributed by atoms with Crippen LogP contribution in [0.15, 0.2) is 24.3 Å². The van der Waals surface area contributed by atoms with Gasteiger partial charge in [-0.05, 0) is 23.8 Å². The molecule has 0 aliphatic carbocycles. The van der Waals surface area contributed by atoms with E-state index in [2.05, 4.69) is 0 Å². The van der Waals surface area contributed by atoms with Gasteiger partial charge in [0.15, 0.2) is 23.0 Å². The molecule has 7 nitrogen and oxygen atoms in total. The van der Waals surface area contributed by atoms with Gasteiger partial charge in [0, 0.05) is 11.6 Å². The number of aliphatic hydroxyl groups excluding tert-OH is 2. The molecule has 2 aromatic rings. The van der Waals surface area contributed by atoms with Crippen LogP contribution in [-0.2, 0) is 6.61 Å². The highest BCUT2D eigenvalue weighted by atomic mass is 35.5. The normalized spacial score (nSPS) is 11.8. The van der Waals surface area contributed by atoms with E-state index in [4.69, 9.17) is 36.3 Å². The Morgan fingerprint density at radius 2 is 1.62 bits per heavy atom. The van der Waals surface area contributed by atoms with Crippen molar-refractivity contribution < 1.29 is 29.2 Å². The summed E-state index contributed by atoms with van der Waals surface area (Å²) in [5.74, 6) is 1.54. The molecule has 26 heavy (non-hydrogen) atoms. The zero-order valence-corrected chi connectivity index (χ0v) is 15.5. The van der Waals surface area contributed by atoms with Crippen LogP contribution in [-0.4, -0.2) is 38.1 Å². The first-order chi connectivity index (χ1) is 12.4. The van der Waals surface area contributed by atoms with Crippen molar-refractivity contribution in [1.82, 2.24) is 0 Å². The highest BCUT2D eigenvalue weighted by molar-refractivity contribution is 6.31. The van der Waals surface area contributed by atoms with Crippen LogP contribution in [0.5, 0.6) is 23.0 Å². The summed E-state index contributed by atoms with van der Waals surface area (Å²) in [6.07, 6.45) is -1.04.